The third kappa shape index (κ3) is 4.42. The van der Waals surface area contributed by atoms with Crippen LogP contribution in [0, 0.1) is 0 Å². The summed E-state index contributed by atoms with van der Waals surface area (Å²) in [4.78, 5) is 16.4. The van der Waals surface area contributed by atoms with Crippen molar-refractivity contribution in [3.8, 4) is 0 Å². The van der Waals surface area contributed by atoms with Crippen molar-refractivity contribution in [2.75, 3.05) is 66.2 Å². The van der Waals surface area contributed by atoms with Gasteiger partial charge in [0.2, 0.25) is 5.91 Å². The maximum absolute atomic E-state index is 12.0. The van der Waals surface area contributed by atoms with Gasteiger partial charge in [0.05, 0.1) is 26.4 Å². The molecule has 1 amide bonds. The van der Waals surface area contributed by atoms with Crippen molar-refractivity contribution in [3.05, 3.63) is 0 Å². The molecule has 2 heterocycles. The Balaban J connectivity index is 1.67. The first-order chi connectivity index (χ1) is 9.31. The monoisotopic (exact) mass is 271 g/mol. The fourth-order valence-corrected chi connectivity index (χ4v) is 2.69. The molecule has 2 aliphatic heterocycles. The van der Waals surface area contributed by atoms with Crippen molar-refractivity contribution in [2.24, 2.45) is 0 Å². The summed E-state index contributed by atoms with van der Waals surface area (Å²) in [6.45, 7) is 7.17. The molecule has 0 aromatic heterocycles. The van der Waals surface area contributed by atoms with Crippen molar-refractivity contribution in [1.29, 1.82) is 0 Å². The molecule has 1 atom stereocenters. The van der Waals surface area contributed by atoms with Crippen molar-refractivity contribution in [1.82, 2.24) is 15.1 Å². The number of morpholine rings is 1. The summed E-state index contributed by atoms with van der Waals surface area (Å²) >= 11 is 0. The fraction of sp³-hybridized carbons (Fsp3) is 0.923. The highest BCUT2D eigenvalue weighted by atomic mass is 16.5. The predicted octanol–water partition coefficient (Wildman–Crippen LogP) is -0.844. The van der Waals surface area contributed by atoms with Crippen LogP contribution in [0.25, 0.3) is 0 Å². The second-order valence-electron chi connectivity index (χ2n) is 5.10. The number of likely N-dealkylation sites (tertiary alicyclic amines) is 1. The zero-order valence-electron chi connectivity index (χ0n) is 11.8. The Morgan fingerprint density at radius 3 is 2.89 bits per heavy atom. The second-order valence-corrected chi connectivity index (χ2v) is 5.10. The van der Waals surface area contributed by atoms with Crippen LogP contribution in [0.5, 0.6) is 0 Å². The molecule has 2 aliphatic rings. The van der Waals surface area contributed by atoms with Crippen molar-refractivity contribution < 1.29 is 14.3 Å². The van der Waals surface area contributed by atoms with Crippen LogP contribution in [0.15, 0.2) is 0 Å². The third-order valence-corrected chi connectivity index (χ3v) is 3.84. The lowest BCUT2D eigenvalue weighted by Gasteiger charge is -2.32. The van der Waals surface area contributed by atoms with E-state index >= 15 is 0 Å². The van der Waals surface area contributed by atoms with Gasteiger partial charge in [-0.25, -0.2) is 0 Å². The van der Waals surface area contributed by atoms with Crippen LogP contribution in [-0.2, 0) is 14.3 Å². The molecule has 0 aromatic rings. The van der Waals surface area contributed by atoms with Crippen molar-refractivity contribution >= 4 is 5.91 Å². The maximum atomic E-state index is 12.0. The molecular weight excluding hydrogens is 246 g/mol. The van der Waals surface area contributed by atoms with Crippen LogP contribution in [0.4, 0.5) is 0 Å². The largest absolute Gasteiger partial charge is 0.383 e. The van der Waals surface area contributed by atoms with Crippen LogP contribution in [0.1, 0.15) is 6.42 Å². The first-order valence-corrected chi connectivity index (χ1v) is 7.10. The van der Waals surface area contributed by atoms with Crippen LogP contribution >= 0.6 is 0 Å². The molecule has 2 fully saturated rings. The molecule has 19 heavy (non-hydrogen) atoms. The van der Waals surface area contributed by atoms with Gasteiger partial charge in [-0.05, 0) is 6.42 Å². The number of carbonyl (C=O) groups is 1. The molecule has 6 heteroatoms. The zero-order valence-corrected chi connectivity index (χ0v) is 11.8. The quantitative estimate of drug-likeness (QED) is 0.638. The van der Waals surface area contributed by atoms with Crippen LogP contribution in [0.3, 0.4) is 0 Å². The predicted molar refractivity (Wildman–Crippen MR) is 72.1 cm³/mol. The lowest BCUT2D eigenvalue weighted by molar-refractivity contribution is -0.129. The highest BCUT2D eigenvalue weighted by Gasteiger charge is 2.30. The number of nitrogens with one attached hydrogen (secondary N) is 1. The van der Waals surface area contributed by atoms with E-state index in [1.54, 1.807) is 7.11 Å². The van der Waals surface area contributed by atoms with Gasteiger partial charge in [-0.3, -0.25) is 9.69 Å². The normalized spacial score (nSPS) is 24.9. The minimum absolute atomic E-state index is 0.201. The summed E-state index contributed by atoms with van der Waals surface area (Å²) in [5.74, 6) is 0.201. The molecule has 0 radical (unpaired) electrons. The van der Waals surface area contributed by atoms with Gasteiger partial charge in [0.15, 0.2) is 0 Å². The van der Waals surface area contributed by atoms with E-state index in [-0.39, 0.29) is 5.91 Å². The highest BCUT2D eigenvalue weighted by Crippen LogP contribution is 2.16. The number of hydrogen-bond acceptors (Lipinski definition) is 5. The molecule has 1 unspecified atom stereocenters. The molecular formula is C13H25N3O3. The van der Waals surface area contributed by atoms with Gasteiger partial charge >= 0.3 is 0 Å². The summed E-state index contributed by atoms with van der Waals surface area (Å²) in [5, 5.41) is 3.11. The third-order valence-electron chi connectivity index (χ3n) is 3.84. The van der Waals surface area contributed by atoms with E-state index in [1.807, 2.05) is 4.90 Å². The van der Waals surface area contributed by atoms with Crippen molar-refractivity contribution in [2.45, 2.75) is 12.5 Å². The van der Waals surface area contributed by atoms with Gasteiger partial charge in [0, 0.05) is 45.9 Å². The van der Waals surface area contributed by atoms with Gasteiger partial charge in [-0.1, -0.05) is 0 Å². The van der Waals surface area contributed by atoms with Gasteiger partial charge in [-0.2, -0.15) is 0 Å². The topological polar surface area (TPSA) is 54.0 Å². The Hall–Kier alpha value is -0.690. The summed E-state index contributed by atoms with van der Waals surface area (Å²) in [6.07, 6.45) is 1.09. The minimum Gasteiger partial charge on any atom is -0.383 e. The summed E-state index contributed by atoms with van der Waals surface area (Å²) in [5.41, 5.74) is 0. The summed E-state index contributed by atoms with van der Waals surface area (Å²) < 4.78 is 10.3. The number of hydrogen-bond donors (Lipinski definition) is 1. The molecule has 2 saturated heterocycles. The van der Waals surface area contributed by atoms with Gasteiger partial charge in [0.25, 0.3) is 0 Å². The van der Waals surface area contributed by atoms with Crippen molar-refractivity contribution in [3.63, 3.8) is 0 Å². The fourth-order valence-electron chi connectivity index (χ4n) is 2.69. The number of methoxy groups -OCH3 is 1. The standard InChI is InChI=1S/C13H25N3O3/c1-18-7-3-14-10-13(17)16-4-2-12(11-16)15-5-8-19-9-6-15/h12,14H,2-11H2,1H3. The van der Waals surface area contributed by atoms with Crippen LogP contribution < -0.4 is 5.32 Å². The number of nitrogens with zero attached hydrogens (tertiary/aromatic N) is 2. The van der Waals surface area contributed by atoms with Crippen LogP contribution in [0.2, 0.25) is 0 Å². The zero-order chi connectivity index (χ0) is 13.5. The Bertz CT molecular complexity index is 282. The van der Waals surface area contributed by atoms with Crippen LogP contribution in [-0.4, -0.2) is 87.9 Å². The minimum atomic E-state index is 0.201. The Morgan fingerprint density at radius 2 is 2.16 bits per heavy atom. The van der Waals surface area contributed by atoms with Gasteiger partial charge in [-0.15, -0.1) is 0 Å². The first-order valence-electron chi connectivity index (χ1n) is 7.10. The first kappa shape index (κ1) is 14.7. The molecule has 0 spiro atoms. The van der Waals surface area contributed by atoms with Gasteiger partial charge < -0.3 is 19.7 Å². The van der Waals surface area contributed by atoms with E-state index in [1.165, 1.54) is 0 Å². The lowest BCUT2D eigenvalue weighted by Crippen LogP contribution is -2.46. The SMILES string of the molecule is COCCNCC(=O)N1CCC(N2CCOCC2)C1. The number of amides is 1. The Morgan fingerprint density at radius 1 is 1.37 bits per heavy atom. The van der Waals surface area contributed by atoms with E-state index in [4.69, 9.17) is 9.47 Å². The Labute approximate surface area is 115 Å². The molecule has 0 aromatic carbocycles. The number of carbonyl (C=O) groups excluding carboxylic acids is 1. The molecule has 2 rings (SSSR count). The molecule has 0 aliphatic carbocycles. The molecule has 0 bridgehead atoms. The molecule has 0 saturated carbocycles. The molecule has 110 valence electrons. The smallest absolute Gasteiger partial charge is 0.236 e. The Kier molecular flexibility index (Phi) is 6.03. The second kappa shape index (κ2) is 7.79. The lowest BCUT2D eigenvalue weighted by atomic mass is 10.2. The molecule has 1 N–H and O–H groups in total. The van der Waals surface area contributed by atoms with E-state index in [0.29, 0.717) is 19.2 Å². The van der Waals surface area contributed by atoms with E-state index in [9.17, 15) is 4.79 Å². The number of rotatable bonds is 6. The van der Waals surface area contributed by atoms with Gasteiger partial charge in [0.1, 0.15) is 0 Å². The average molecular weight is 271 g/mol. The average Bonchev–Trinajstić information content (AvgIpc) is 2.94. The maximum Gasteiger partial charge on any atom is 0.236 e. The summed E-state index contributed by atoms with van der Waals surface area (Å²) in [6, 6.07) is 0.520. The van der Waals surface area contributed by atoms with E-state index < -0.39 is 0 Å². The van der Waals surface area contributed by atoms with E-state index in [2.05, 4.69) is 10.2 Å². The highest BCUT2D eigenvalue weighted by molar-refractivity contribution is 5.78. The molecule has 6 nitrogen and oxygen atoms in total. The summed E-state index contributed by atoms with van der Waals surface area (Å²) in [7, 11) is 1.66. The number of ether oxygens (including phenoxy) is 2. The van der Waals surface area contributed by atoms with E-state index in [0.717, 1.165) is 52.4 Å².